The van der Waals surface area contributed by atoms with Crippen LogP contribution in [0.3, 0.4) is 0 Å². The molecule has 0 aromatic heterocycles. The summed E-state index contributed by atoms with van der Waals surface area (Å²) in [4.78, 5) is 0. The maximum atomic E-state index is 5.43. The van der Waals surface area contributed by atoms with E-state index < -0.39 is 0 Å². The van der Waals surface area contributed by atoms with Gasteiger partial charge in [0.15, 0.2) is 0 Å². The minimum absolute atomic E-state index is 0.894. The summed E-state index contributed by atoms with van der Waals surface area (Å²) in [5, 5.41) is 2.60. The van der Waals surface area contributed by atoms with Gasteiger partial charge >= 0.3 is 0 Å². The molecule has 0 aliphatic rings. The van der Waals surface area contributed by atoms with Gasteiger partial charge in [0.2, 0.25) is 0 Å². The first-order chi connectivity index (χ1) is 9.38. The van der Waals surface area contributed by atoms with Crippen molar-refractivity contribution in [3.8, 4) is 5.75 Å². The Labute approximate surface area is 113 Å². The number of methoxy groups -OCH3 is 1. The fourth-order valence-electron chi connectivity index (χ4n) is 2.50. The third kappa shape index (κ3) is 2.32. The van der Waals surface area contributed by atoms with Crippen LogP contribution in [0.25, 0.3) is 10.8 Å². The van der Waals surface area contributed by atoms with E-state index in [1.54, 1.807) is 7.11 Å². The predicted octanol–water partition coefficient (Wildman–Crippen LogP) is 4.44. The smallest absolute Gasteiger partial charge is 0.122 e. The summed E-state index contributed by atoms with van der Waals surface area (Å²) in [5.41, 5.74) is 2.56. The molecule has 19 heavy (non-hydrogen) atoms. The zero-order valence-electron chi connectivity index (χ0n) is 11.0. The average Bonchev–Trinajstić information content (AvgIpc) is 2.48. The average molecular weight is 248 g/mol. The molecule has 0 fully saturated rings. The Kier molecular flexibility index (Phi) is 3.20. The van der Waals surface area contributed by atoms with Gasteiger partial charge in [-0.3, -0.25) is 0 Å². The maximum Gasteiger partial charge on any atom is 0.122 e. The fraction of sp³-hybridized carbons (Fsp3) is 0.111. The minimum Gasteiger partial charge on any atom is -0.496 e. The molecule has 0 amide bonds. The number of benzene rings is 3. The largest absolute Gasteiger partial charge is 0.496 e. The molecule has 3 aromatic carbocycles. The van der Waals surface area contributed by atoms with Gasteiger partial charge in [-0.1, -0.05) is 60.7 Å². The molecule has 0 saturated carbocycles. The van der Waals surface area contributed by atoms with Crippen LogP contribution in [0.5, 0.6) is 5.75 Å². The molecule has 3 rings (SSSR count). The Morgan fingerprint density at radius 1 is 0.737 bits per heavy atom. The fourth-order valence-corrected chi connectivity index (χ4v) is 2.50. The zero-order valence-corrected chi connectivity index (χ0v) is 11.0. The summed E-state index contributed by atoms with van der Waals surface area (Å²) in [5.74, 6) is 0.954. The van der Waals surface area contributed by atoms with Gasteiger partial charge in [-0.05, 0) is 28.0 Å². The topological polar surface area (TPSA) is 9.23 Å². The number of hydrogen-bond acceptors (Lipinski definition) is 1. The molecule has 3 aromatic rings. The Hall–Kier alpha value is -2.28. The number of fused-ring (bicyclic) bond motifs is 1. The number of hydrogen-bond donors (Lipinski definition) is 0. The van der Waals surface area contributed by atoms with E-state index in [-0.39, 0.29) is 0 Å². The third-order valence-corrected chi connectivity index (χ3v) is 3.45. The molecule has 1 heteroatoms. The van der Waals surface area contributed by atoms with Crippen LogP contribution in [0, 0.1) is 0 Å². The Bertz CT molecular complexity index is 695. The summed E-state index contributed by atoms with van der Waals surface area (Å²) in [6.07, 6.45) is 0.894. The van der Waals surface area contributed by atoms with Gasteiger partial charge in [0.05, 0.1) is 7.11 Å². The highest BCUT2D eigenvalue weighted by Crippen LogP contribution is 2.25. The highest BCUT2D eigenvalue weighted by atomic mass is 16.5. The first-order valence-electron chi connectivity index (χ1n) is 6.47. The van der Waals surface area contributed by atoms with Gasteiger partial charge in [-0.25, -0.2) is 0 Å². The summed E-state index contributed by atoms with van der Waals surface area (Å²) in [6.45, 7) is 0. The summed E-state index contributed by atoms with van der Waals surface area (Å²) >= 11 is 0. The van der Waals surface area contributed by atoms with E-state index >= 15 is 0 Å². The second kappa shape index (κ2) is 5.15. The molecule has 0 saturated heterocycles. The summed E-state index contributed by atoms with van der Waals surface area (Å²) in [6, 6.07) is 23.2. The molecule has 94 valence electrons. The highest BCUT2D eigenvalue weighted by molar-refractivity contribution is 5.86. The molecule has 0 aliphatic heterocycles. The van der Waals surface area contributed by atoms with Gasteiger partial charge in [-0.15, -0.1) is 0 Å². The predicted molar refractivity (Wildman–Crippen MR) is 79.7 cm³/mol. The second-order valence-corrected chi connectivity index (χ2v) is 4.63. The lowest BCUT2D eigenvalue weighted by molar-refractivity contribution is 0.410. The van der Waals surface area contributed by atoms with Crippen molar-refractivity contribution in [2.45, 2.75) is 6.42 Å². The van der Waals surface area contributed by atoms with Crippen LogP contribution in [0.2, 0.25) is 0 Å². The number of ether oxygens (including phenoxy) is 1. The summed E-state index contributed by atoms with van der Waals surface area (Å²) in [7, 11) is 1.72. The van der Waals surface area contributed by atoms with Gasteiger partial charge in [0.25, 0.3) is 0 Å². The van der Waals surface area contributed by atoms with E-state index in [0.29, 0.717) is 0 Å². The van der Waals surface area contributed by atoms with Crippen molar-refractivity contribution in [2.75, 3.05) is 7.11 Å². The van der Waals surface area contributed by atoms with Crippen molar-refractivity contribution >= 4 is 10.8 Å². The molecule has 0 unspecified atom stereocenters. The molecule has 0 spiro atoms. The molecular weight excluding hydrogens is 232 g/mol. The number of para-hydroxylation sites is 1. The van der Waals surface area contributed by atoms with Crippen molar-refractivity contribution < 1.29 is 4.74 Å². The van der Waals surface area contributed by atoms with E-state index in [9.17, 15) is 0 Å². The molecule has 0 N–H and O–H groups in total. The van der Waals surface area contributed by atoms with Crippen LogP contribution in [-0.2, 0) is 6.42 Å². The van der Waals surface area contributed by atoms with E-state index in [1.165, 1.54) is 21.9 Å². The lowest BCUT2D eigenvalue weighted by Gasteiger charge is -2.10. The monoisotopic (exact) mass is 248 g/mol. The van der Waals surface area contributed by atoms with E-state index in [4.69, 9.17) is 4.74 Å². The molecule has 1 nitrogen and oxygen atoms in total. The van der Waals surface area contributed by atoms with Gasteiger partial charge in [0, 0.05) is 6.42 Å². The SMILES string of the molecule is COc1ccccc1Cc1cccc2ccccc12. The number of rotatable bonds is 3. The van der Waals surface area contributed by atoms with Crippen molar-refractivity contribution in [2.24, 2.45) is 0 Å². The van der Waals surface area contributed by atoms with Crippen molar-refractivity contribution in [3.63, 3.8) is 0 Å². The van der Waals surface area contributed by atoms with Gasteiger partial charge in [0.1, 0.15) is 5.75 Å². The normalized spacial score (nSPS) is 10.6. The van der Waals surface area contributed by atoms with Crippen molar-refractivity contribution in [1.29, 1.82) is 0 Å². The molecular formula is C18H16O. The Morgan fingerprint density at radius 2 is 1.42 bits per heavy atom. The standard InChI is InChI=1S/C18H16O/c1-19-18-12-5-3-8-16(18)13-15-10-6-9-14-7-2-4-11-17(14)15/h2-12H,13H2,1H3. The maximum absolute atomic E-state index is 5.43. The summed E-state index contributed by atoms with van der Waals surface area (Å²) < 4.78 is 5.43. The van der Waals surface area contributed by atoms with Gasteiger partial charge < -0.3 is 4.74 Å². The second-order valence-electron chi connectivity index (χ2n) is 4.63. The van der Waals surface area contributed by atoms with Crippen LogP contribution in [-0.4, -0.2) is 7.11 Å². The molecule has 0 radical (unpaired) electrons. The van der Waals surface area contributed by atoms with Crippen LogP contribution in [0.15, 0.2) is 66.7 Å². The van der Waals surface area contributed by atoms with Crippen LogP contribution in [0.4, 0.5) is 0 Å². The zero-order chi connectivity index (χ0) is 13.1. The van der Waals surface area contributed by atoms with Crippen LogP contribution < -0.4 is 4.74 Å². The van der Waals surface area contributed by atoms with Gasteiger partial charge in [-0.2, -0.15) is 0 Å². The first-order valence-corrected chi connectivity index (χ1v) is 6.47. The highest BCUT2D eigenvalue weighted by Gasteiger charge is 2.05. The van der Waals surface area contributed by atoms with Crippen molar-refractivity contribution in [1.82, 2.24) is 0 Å². The van der Waals surface area contributed by atoms with E-state index in [1.807, 2.05) is 12.1 Å². The Morgan fingerprint density at radius 3 is 2.32 bits per heavy atom. The molecule has 0 aliphatic carbocycles. The van der Waals surface area contributed by atoms with Crippen molar-refractivity contribution in [3.05, 3.63) is 77.9 Å². The lowest BCUT2D eigenvalue weighted by atomic mass is 9.98. The van der Waals surface area contributed by atoms with E-state index in [2.05, 4.69) is 54.6 Å². The lowest BCUT2D eigenvalue weighted by Crippen LogP contribution is -1.94. The van der Waals surface area contributed by atoms with Crippen LogP contribution in [0.1, 0.15) is 11.1 Å². The third-order valence-electron chi connectivity index (χ3n) is 3.45. The Balaban J connectivity index is 2.06. The quantitative estimate of drug-likeness (QED) is 0.666. The van der Waals surface area contributed by atoms with E-state index in [0.717, 1.165) is 12.2 Å². The van der Waals surface area contributed by atoms with Crippen LogP contribution >= 0.6 is 0 Å². The molecule has 0 bridgehead atoms. The minimum atomic E-state index is 0.894. The molecule has 0 heterocycles. The first kappa shape index (κ1) is 11.8. The molecule has 0 atom stereocenters.